The van der Waals surface area contributed by atoms with Crippen LogP contribution in [-0.2, 0) is 6.18 Å². The Bertz CT molecular complexity index is 570. The summed E-state index contributed by atoms with van der Waals surface area (Å²) in [5.41, 5.74) is 0.0256. The number of likely N-dealkylation sites (tertiary alicyclic amines) is 1. The summed E-state index contributed by atoms with van der Waals surface area (Å²) in [5, 5.41) is 6.05. The minimum Gasteiger partial charge on any atom is -0.324 e. The number of halogens is 3. The standard InChI is InChI=1S/C17H22F3N3O/c18-17(19,20)13-1-3-14(4-2-13)22-15(24)23-11-7-16(8-12-23)5-9-21-10-6-16/h1-4,21H,5-12H2,(H,22,24). The zero-order valence-electron chi connectivity index (χ0n) is 13.5. The van der Waals surface area contributed by atoms with Crippen LogP contribution in [0.2, 0.25) is 0 Å². The highest BCUT2D eigenvalue weighted by Gasteiger charge is 2.36. The number of carbonyl (C=O) groups is 1. The lowest BCUT2D eigenvalue weighted by atomic mass is 9.72. The van der Waals surface area contributed by atoms with Crippen molar-refractivity contribution in [2.75, 3.05) is 31.5 Å². The van der Waals surface area contributed by atoms with Gasteiger partial charge < -0.3 is 15.5 Å². The summed E-state index contributed by atoms with van der Waals surface area (Å²) < 4.78 is 37.6. The van der Waals surface area contributed by atoms with Crippen molar-refractivity contribution in [3.63, 3.8) is 0 Å². The molecule has 24 heavy (non-hydrogen) atoms. The molecule has 0 aliphatic carbocycles. The number of nitrogens with zero attached hydrogens (tertiary/aromatic N) is 1. The summed E-state index contributed by atoms with van der Waals surface area (Å²) >= 11 is 0. The van der Waals surface area contributed by atoms with Crippen LogP contribution in [0.4, 0.5) is 23.7 Å². The van der Waals surface area contributed by atoms with E-state index in [2.05, 4.69) is 10.6 Å². The normalized spacial score (nSPS) is 20.9. The fourth-order valence-electron chi connectivity index (χ4n) is 3.59. The predicted molar refractivity (Wildman–Crippen MR) is 85.8 cm³/mol. The molecule has 2 fully saturated rings. The molecule has 0 radical (unpaired) electrons. The molecule has 7 heteroatoms. The minimum atomic E-state index is -4.36. The number of benzene rings is 1. The second-order valence-corrected chi connectivity index (χ2v) is 6.74. The molecule has 4 nitrogen and oxygen atoms in total. The van der Waals surface area contributed by atoms with Crippen LogP contribution in [0.25, 0.3) is 0 Å². The number of hydrogen-bond donors (Lipinski definition) is 2. The molecule has 0 atom stereocenters. The summed E-state index contributed by atoms with van der Waals surface area (Å²) in [7, 11) is 0. The zero-order chi connectivity index (χ0) is 17.2. The molecule has 0 saturated carbocycles. The van der Waals surface area contributed by atoms with Gasteiger partial charge in [-0.1, -0.05) is 0 Å². The zero-order valence-corrected chi connectivity index (χ0v) is 13.5. The van der Waals surface area contributed by atoms with E-state index in [-0.39, 0.29) is 6.03 Å². The van der Waals surface area contributed by atoms with E-state index in [9.17, 15) is 18.0 Å². The summed E-state index contributed by atoms with van der Waals surface area (Å²) in [4.78, 5) is 14.1. The van der Waals surface area contributed by atoms with Gasteiger partial charge in [-0.3, -0.25) is 0 Å². The summed E-state index contributed by atoms with van der Waals surface area (Å²) in [5.74, 6) is 0. The third-order valence-electron chi connectivity index (χ3n) is 5.24. The molecule has 2 amide bonds. The van der Waals surface area contributed by atoms with Gasteiger partial charge in [0.25, 0.3) is 0 Å². The average molecular weight is 341 g/mol. The molecule has 0 bridgehead atoms. The average Bonchev–Trinajstić information content (AvgIpc) is 2.56. The monoisotopic (exact) mass is 341 g/mol. The Kier molecular flexibility index (Phi) is 4.71. The Balaban J connectivity index is 1.54. The quantitative estimate of drug-likeness (QED) is 0.818. The van der Waals surface area contributed by atoms with Crippen LogP contribution in [-0.4, -0.2) is 37.1 Å². The fraction of sp³-hybridized carbons (Fsp3) is 0.588. The number of piperidine rings is 2. The Morgan fingerprint density at radius 3 is 2.17 bits per heavy atom. The second-order valence-electron chi connectivity index (χ2n) is 6.74. The number of alkyl halides is 3. The molecule has 0 unspecified atom stereocenters. The third kappa shape index (κ3) is 3.83. The van der Waals surface area contributed by atoms with Crippen molar-refractivity contribution in [2.45, 2.75) is 31.9 Å². The minimum absolute atomic E-state index is 0.237. The first kappa shape index (κ1) is 17.1. The van der Waals surface area contributed by atoms with Gasteiger partial charge in [0.1, 0.15) is 0 Å². The van der Waals surface area contributed by atoms with Crippen LogP contribution in [0.1, 0.15) is 31.2 Å². The van der Waals surface area contributed by atoms with E-state index in [4.69, 9.17) is 0 Å². The molecule has 2 heterocycles. The highest BCUT2D eigenvalue weighted by atomic mass is 19.4. The van der Waals surface area contributed by atoms with Crippen LogP contribution >= 0.6 is 0 Å². The number of rotatable bonds is 1. The number of amides is 2. The van der Waals surface area contributed by atoms with E-state index in [0.29, 0.717) is 24.2 Å². The molecule has 3 rings (SSSR count). The van der Waals surface area contributed by atoms with Crippen molar-refractivity contribution in [3.05, 3.63) is 29.8 Å². The van der Waals surface area contributed by atoms with Crippen LogP contribution < -0.4 is 10.6 Å². The third-order valence-corrected chi connectivity index (χ3v) is 5.24. The van der Waals surface area contributed by atoms with Gasteiger partial charge in [-0.05, 0) is 68.5 Å². The number of carbonyl (C=O) groups excluding carboxylic acids is 1. The van der Waals surface area contributed by atoms with E-state index in [1.165, 1.54) is 12.1 Å². The molecule has 2 aliphatic heterocycles. The SMILES string of the molecule is O=C(Nc1ccc(C(F)(F)F)cc1)N1CCC2(CCNCC2)CC1. The molecule has 2 N–H and O–H groups in total. The van der Waals surface area contributed by atoms with Crippen molar-refractivity contribution >= 4 is 11.7 Å². The summed E-state index contributed by atoms with van der Waals surface area (Å²) in [6.07, 6.45) is -0.0640. The maximum Gasteiger partial charge on any atom is 0.416 e. The molecule has 1 aromatic carbocycles. The number of nitrogens with one attached hydrogen (secondary N) is 2. The van der Waals surface area contributed by atoms with Gasteiger partial charge in [0.05, 0.1) is 5.56 Å². The second kappa shape index (κ2) is 6.63. The number of anilines is 1. The van der Waals surface area contributed by atoms with E-state index in [1.807, 2.05) is 0 Å². The van der Waals surface area contributed by atoms with Crippen molar-refractivity contribution in [1.82, 2.24) is 10.2 Å². The van der Waals surface area contributed by atoms with Gasteiger partial charge >= 0.3 is 12.2 Å². The van der Waals surface area contributed by atoms with E-state index < -0.39 is 11.7 Å². The van der Waals surface area contributed by atoms with Crippen molar-refractivity contribution < 1.29 is 18.0 Å². The maximum atomic E-state index is 12.5. The van der Waals surface area contributed by atoms with Gasteiger partial charge in [-0.15, -0.1) is 0 Å². The van der Waals surface area contributed by atoms with E-state index in [1.54, 1.807) is 4.90 Å². The van der Waals surface area contributed by atoms with Crippen LogP contribution in [0.15, 0.2) is 24.3 Å². The number of hydrogen-bond acceptors (Lipinski definition) is 2. The first-order chi connectivity index (χ1) is 11.4. The van der Waals surface area contributed by atoms with E-state index in [0.717, 1.165) is 50.9 Å². The molecule has 2 aliphatic rings. The number of urea groups is 1. The molecule has 2 saturated heterocycles. The molecule has 1 spiro atoms. The lowest BCUT2D eigenvalue weighted by Crippen LogP contribution is -2.48. The van der Waals surface area contributed by atoms with Crippen molar-refractivity contribution in [2.24, 2.45) is 5.41 Å². The first-order valence-electron chi connectivity index (χ1n) is 8.32. The van der Waals surface area contributed by atoms with Crippen molar-refractivity contribution in [1.29, 1.82) is 0 Å². The smallest absolute Gasteiger partial charge is 0.324 e. The molecule has 0 aromatic heterocycles. The van der Waals surface area contributed by atoms with Gasteiger partial charge in [0.2, 0.25) is 0 Å². The van der Waals surface area contributed by atoms with Crippen LogP contribution in [0.5, 0.6) is 0 Å². The van der Waals surface area contributed by atoms with Gasteiger partial charge in [0.15, 0.2) is 0 Å². The highest BCUT2D eigenvalue weighted by Crippen LogP contribution is 2.39. The Morgan fingerprint density at radius 2 is 1.62 bits per heavy atom. The Labute approximate surface area is 139 Å². The van der Waals surface area contributed by atoms with E-state index >= 15 is 0 Å². The predicted octanol–water partition coefficient (Wildman–Crippen LogP) is 3.70. The first-order valence-corrected chi connectivity index (χ1v) is 8.32. The molecular weight excluding hydrogens is 319 g/mol. The molecule has 132 valence electrons. The largest absolute Gasteiger partial charge is 0.416 e. The Morgan fingerprint density at radius 1 is 1.04 bits per heavy atom. The highest BCUT2D eigenvalue weighted by molar-refractivity contribution is 5.89. The fourth-order valence-corrected chi connectivity index (χ4v) is 3.59. The Hall–Kier alpha value is -1.76. The lowest BCUT2D eigenvalue weighted by Gasteiger charge is -2.44. The van der Waals surface area contributed by atoms with Gasteiger partial charge in [-0.2, -0.15) is 13.2 Å². The molecule has 1 aromatic rings. The summed E-state index contributed by atoms with van der Waals surface area (Å²) in [6.45, 7) is 3.48. The lowest BCUT2D eigenvalue weighted by molar-refractivity contribution is -0.137. The molecular formula is C17H22F3N3O. The maximum absolute atomic E-state index is 12.5. The van der Waals surface area contributed by atoms with Crippen molar-refractivity contribution in [3.8, 4) is 0 Å². The van der Waals surface area contributed by atoms with Crippen LogP contribution in [0.3, 0.4) is 0 Å². The topological polar surface area (TPSA) is 44.4 Å². The van der Waals surface area contributed by atoms with Gasteiger partial charge in [-0.25, -0.2) is 4.79 Å². The summed E-state index contributed by atoms with van der Waals surface area (Å²) in [6, 6.07) is 4.31. The van der Waals surface area contributed by atoms with Gasteiger partial charge in [0, 0.05) is 18.8 Å². The van der Waals surface area contributed by atoms with Crippen LogP contribution in [0, 0.1) is 5.41 Å².